The first-order chi connectivity index (χ1) is 8.19. The molecule has 0 bridgehead atoms. The van der Waals surface area contributed by atoms with Crippen molar-refractivity contribution in [3.8, 4) is 0 Å². The van der Waals surface area contributed by atoms with Gasteiger partial charge in [-0.3, -0.25) is 0 Å². The van der Waals surface area contributed by atoms with E-state index in [0.717, 1.165) is 43.9 Å². The van der Waals surface area contributed by atoms with Gasteiger partial charge in [0.05, 0.1) is 0 Å². The molecule has 1 aromatic carbocycles. The van der Waals surface area contributed by atoms with E-state index in [2.05, 4.69) is 22.9 Å². The van der Waals surface area contributed by atoms with Crippen molar-refractivity contribution in [1.29, 1.82) is 0 Å². The summed E-state index contributed by atoms with van der Waals surface area (Å²) in [6.45, 7) is 4.54. The maximum atomic E-state index is 13.5. The van der Waals surface area contributed by atoms with Gasteiger partial charge in [0.15, 0.2) is 0 Å². The van der Waals surface area contributed by atoms with Crippen LogP contribution in [0, 0.1) is 5.82 Å². The van der Waals surface area contributed by atoms with Gasteiger partial charge in [-0.15, -0.1) is 0 Å². The molecule has 1 heterocycles. The van der Waals surface area contributed by atoms with Crippen molar-refractivity contribution >= 4 is 5.69 Å². The first kappa shape index (κ1) is 12.3. The Morgan fingerprint density at radius 3 is 2.53 bits per heavy atom. The lowest BCUT2D eigenvalue weighted by Gasteiger charge is -2.34. The molecule has 1 aliphatic rings. The van der Waals surface area contributed by atoms with E-state index in [1.165, 1.54) is 0 Å². The third-order valence-corrected chi connectivity index (χ3v) is 3.24. The van der Waals surface area contributed by atoms with Crippen molar-refractivity contribution in [3.05, 3.63) is 29.6 Å². The second kappa shape index (κ2) is 5.47. The van der Waals surface area contributed by atoms with Gasteiger partial charge >= 0.3 is 0 Å². The molecule has 4 heteroatoms. The van der Waals surface area contributed by atoms with E-state index in [1.807, 2.05) is 0 Å². The fraction of sp³-hybridized carbons (Fsp3) is 0.538. The lowest BCUT2D eigenvalue weighted by atomic mass is 10.1. The predicted octanol–water partition coefficient (Wildman–Crippen LogP) is 1.08. The Bertz CT molecular complexity index is 373. The van der Waals surface area contributed by atoms with Crippen molar-refractivity contribution in [2.24, 2.45) is 5.73 Å². The summed E-state index contributed by atoms with van der Waals surface area (Å²) in [6, 6.07) is 5.25. The summed E-state index contributed by atoms with van der Waals surface area (Å²) >= 11 is 0. The number of rotatable bonds is 3. The smallest absolute Gasteiger partial charge is 0.125 e. The molecule has 0 aromatic heterocycles. The first-order valence-corrected chi connectivity index (χ1v) is 6.12. The standard InChI is InChI=1S/C13H20FN3/c1-16-4-6-17(7-5-16)13-9-11(2-3-15)8-12(14)10-13/h8-10H,2-7,15H2,1H3. The van der Waals surface area contributed by atoms with E-state index in [1.54, 1.807) is 12.1 Å². The van der Waals surface area contributed by atoms with E-state index in [0.29, 0.717) is 6.54 Å². The molecule has 1 fully saturated rings. The summed E-state index contributed by atoms with van der Waals surface area (Å²) in [5, 5.41) is 0. The van der Waals surface area contributed by atoms with Gasteiger partial charge in [0.2, 0.25) is 0 Å². The first-order valence-electron chi connectivity index (χ1n) is 6.12. The average molecular weight is 237 g/mol. The van der Waals surface area contributed by atoms with Crippen LogP contribution >= 0.6 is 0 Å². The van der Waals surface area contributed by atoms with E-state index in [4.69, 9.17) is 5.73 Å². The molecule has 3 nitrogen and oxygen atoms in total. The van der Waals surface area contributed by atoms with Crippen LogP contribution in [-0.2, 0) is 6.42 Å². The van der Waals surface area contributed by atoms with Crippen LogP contribution in [0.4, 0.5) is 10.1 Å². The highest BCUT2D eigenvalue weighted by atomic mass is 19.1. The summed E-state index contributed by atoms with van der Waals surface area (Å²) in [5.41, 5.74) is 7.49. The molecule has 0 atom stereocenters. The summed E-state index contributed by atoms with van der Waals surface area (Å²) in [5.74, 6) is -0.162. The van der Waals surface area contributed by atoms with E-state index < -0.39 is 0 Å². The highest BCUT2D eigenvalue weighted by Gasteiger charge is 2.15. The Balaban J connectivity index is 2.14. The third-order valence-electron chi connectivity index (χ3n) is 3.24. The maximum absolute atomic E-state index is 13.5. The number of hydrogen-bond donors (Lipinski definition) is 1. The molecule has 1 aliphatic heterocycles. The fourth-order valence-electron chi connectivity index (χ4n) is 2.19. The zero-order valence-corrected chi connectivity index (χ0v) is 10.3. The number of hydrogen-bond acceptors (Lipinski definition) is 3. The molecule has 2 N–H and O–H groups in total. The zero-order chi connectivity index (χ0) is 12.3. The van der Waals surface area contributed by atoms with Crippen LogP contribution in [0.25, 0.3) is 0 Å². The maximum Gasteiger partial charge on any atom is 0.125 e. The molecule has 0 radical (unpaired) electrons. The molecule has 0 aliphatic carbocycles. The van der Waals surface area contributed by atoms with Crippen LogP contribution < -0.4 is 10.6 Å². The van der Waals surface area contributed by atoms with Gasteiger partial charge in [-0.2, -0.15) is 0 Å². The Kier molecular flexibility index (Phi) is 3.97. The van der Waals surface area contributed by atoms with Crippen LogP contribution in [0.2, 0.25) is 0 Å². The van der Waals surface area contributed by atoms with Crippen molar-refractivity contribution in [2.75, 3.05) is 44.7 Å². The molecule has 17 heavy (non-hydrogen) atoms. The topological polar surface area (TPSA) is 32.5 Å². The van der Waals surface area contributed by atoms with Gasteiger partial charge in [0.1, 0.15) is 5.82 Å². The molecule has 2 rings (SSSR count). The van der Waals surface area contributed by atoms with Gasteiger partial charge in [-0.25, -0.2) is 4.39 Å². The summed E-state index contributed by atoms with van der Waals surface area (Å²) in [4.78, 5) is 4.53. The molecule has 0 unspecified atom stereocenters. The summed E-state index contributed by atoms with van der Waals surface area (Å²) in [6.07, 6.45) is 0.735. The normalized spacial score (nSPS) is 17.5. The van der Waals surface area contributed by atoms with Crippen LogP contribution in [-0.4, -0.2) is 44.7 Å². The van der Waals surface area contributed by atoms with Crippen LogP contribution in [0.3, 0.4) is 0 Å². The number of nitrogens with zero attached hydrogens (tertiary/aromatic N) is 2. The van der Waals surface area contributed by atoms with Crippen molar-refractivity contribution in [1.82, 2.24) is 4.90 Å². The second-order valence-electron chi connectivity index (χ2n) is 4.65. The third kappa shape index (κ3) is 3.17. The minimum atomic E-state index is -0.162. The molecule has 0 saturated carbocycles. The van der Waals surface area contributed by atoms with Crippen LogP contribution in [0.15, 0.2) is 18.2 Å². The summed E-state index contributed by atoms with van der Waals surface area (Å²) in [7, 11) is 2.11. The Labute approximate surface area is 102 Å². The highest BCUT2D eigenvalue weighted by molar-refractivity contribution is 5.49. The van der Waals surface area contributed by atoms with Crippen LogP contribution in [0.5, 0.6) is 0 Å². The Morgan fingerprint density at radius 1 is 1.18 bits per heavy atom. The molecule has 0 spiro atoms. The number of nitrogens with two attached hydrogens (primary N) is 1. The number of anilines is 1. The van der Waals surface area contributed by atoms with Gasteiger partial charge in [0, 0.05) is 31.9 Å². The van der Waals surface area contributed by atoms with E-state index >= 15 is 0 Å². The number of piperazine rings is 1. The minimum Gasteiger partial charge on any atom is -0.369 e. The molecular weight excluding hydrogens is 217 g/mol. The Hall–Kier alpha value is -1.13. The minimum absolute atomic E-state index is 0.162. The SMILES string of the molecule is CN1CCN(c2cc(F)cc(CCN)c2)CC1. The molecular formula is C13H20FN3. The van der Waals surface area contributed by atoms with Crippen molar-refractivity contribution in [2.45, 2.75) is 6.42 Å². The average Bonchev–Trinajstić information content (AvgIpc) is 2.29. The number of likely N-dealkylation sites (N-methyl/N-ethyl adjacent to an activating group) is 1. The molecule has 0 amide bonds. The quantitative estimate of drug-likeness (QED) is 0.854. The number of benzene rings is 1. The van der Waals surface area contributed by atoms with E-state index in [-0.39, 0.29) is 5.82 Å². The van der Waals surface area contributed by atoms with Crippen molar-refractivity contribution in [3.63, 3.8) is 0 Å². The highest BCUT2D eigenvalue weighted by Crippen LogP contribution is 2.20. The summed E-state index contributed by atoms with van der Waals surface area (Å²) < 4.78 is 13.5. The molecule has 1 aromatic rings. The van der Waals surface area contributed by atoms with Crippen molar-refractivity contribution < 1.29 is 4.39 Å². The van der Waals surface area contributed by atoms with Gasteiger partial charge in [-0.1, -0.05) is 0 Å². The fourth-order valence-corrected chi connectivity index (χ4v) is 2.19. The van der Waals surface area contributed by atoms with Crippen LogP contribution in [0.1, 0.15) is 5.56 Å². The molecule has 1 saturated heterocycles. The van der Waals surface area contributed by atoms with Gasteiger partial charge in [0.25, 0.3) is 0 Å². The number of halogens is 1. The Morgan fingerprint density at radius 2 is 1.88 bits per heavy atom. The lowest BCUT2D eigenvalue weighted by molar-refractivity contribution is 0.312. The van der Waals surface area contributed by atoms with E-state index in [9.17, 15) is 4.39 Å². The van der Waals surface area contributed by atoms with Gasteiger partial charge < -0.3 is 15.5 Å². The molecule has 94 valence electrons. The predicted molar refractivity (Wildman–Crippen MR) is 68.9 cm³/mol. The van der Waals surface area contributed by atoms with Gasteiger partial charge in [-0.05, 0) is 43.8 Å². The largest absolute Gasteiger partial charge is 0.369 e. The zero-order valence-electron chi connectivity index (χ0n) is 10.3. The second-order valence-corrected chi connectivity index (χ2v) is 4.65. The monoisotopic (exact) mass is 237 g/mol. The lowest BCUT2D eigenvalue weighted by Crippen LogP contribution is -2.44.